The highest BCUT2D eigenvalue weighted by Gasteiger charge is 2.21. The van der Waals surface area contributed by atoms with Crippen LogP contribution in [0, 0.1) is 11.3 Å². The minimum atomic E-state index is 0.739. The lowest BCUT2D eigenvalue weighted by Crippen LogP contribution is -2.25. The van der Waals surface area contributed by atoms with E-state index in [-0.39, 0.29) is 0 Å². The first kappa shape index (κ1) is 8.57. The van der Waals surface area contributed by atoms with Gasteiger partial charge in [0.2, 0.25) is 0 Å². The van der Waals surface area contributed by atoms with Crippen molar-refractivity contribution in [3.8, 4) is 0 Å². The molecule has 0 aromatic carbocycles. The van der Waals surface area contributed by atoms with Crippen LogP contribution in [0.15, 0.2) is 0 Å². The SMILES string of the molecule is CCCC1CCN(C(C)=N)C1. The maximum Gasteiger partial charge on any atom is 0.0925 e. The van der Waals surface area contributed by atoms with E-state index in [4.69, 9.17) is 5.41 Å². The van der Waals surface area contributed by atoms with Gasteiger partial charge in [-0.15, -0.1) is 0 Å². The average Bonchev–Trinajstić information content (AvgIpc) is 2.37. The zero-order chi connectivity index (χ0) is 8.27. The van der Waals surface area contributed by atoms with Crippen LogP contribution in [-0.4, -0.2) is 23.8 Å². The van der Waals surface area contributed by atoms with Crippen molar-refractivity contribution < 1.29 is 0 Å². The first-order chi connectivity index (χ1) is 5.24. The Balaban J connectivity index is 2.29. The number of rotatable bonds is 2. The molecule has 1 saturated heterocycles. The van der Waals surface area contributed by atoms with Gasteiger partial charge < -0.3 is 4.90 Å². The lowest BCUT2D eigenvalue weighted by atomic mass is 10.0. The Kier molecular flexibility index (Phi) is 2.92. The molecular formula is C9H18N2. The largest absolute Gasteiger partial charge is 0.361 e. The van der Waals surface area contributed by atoms with E-state index < -0.39 is 0 Å². The van der Waals surface area contributed by atoms with Crippen molar-refractivity contribution in [2.75, 3.05) is 13.1 Å². The lowest BCUT2D eigenvalue weighted by Gasteiger charge is -2.15. The third kappa shape index (κ3) is 2.21. The molecule has 0 radical (unpaired) electrons. The predicted octanol–water partition coefficient (Wildman–Crippen LogP) is 2.11. The molecule has 1 rings (SSSR count). The second-order valence-corrected chi connectivity index (χ2v) is 3.47. The molecule has 1 heterocycles. The van der Waals surface area contributed by atoms with Gasteiger partial charge in [0.25, 0.3) is 0 Å². The van der Waals surface area contributed by atoms with E-state index in [1.807, 2.05) is 6.92 Å². The van der Waals surface area contributed by atoms with Crippen LogP contribution in [0.4, 0.5) is 0 Å². The van der Waals surface area contributed by atoms with Crippen molar-refractivity contribution in [2.24, 2.45) is 5.92 Å². The highest BCUT2D eigenvalue weighted by atomic mass is 15.2. The maximum absolute atomic E-state index is 7.44. The van der Waals surface area contributed by atoms with Crippen molar-refractivity contribution in [2.45, 2.75) is 33.1 Å². The van der Waals surface area contributed by atoms with E-state index >= 15 is 0 Å². The van der Waals surface area contributed by atoms with Gasteiger partial charge in [-0.3, -0.25) is 5.41 Å². The van der Waals surface area contributed by atoms with Crippen LogP contribution >= 0.6 is 0 Å². The third-order valence-corrected chi connectivity index (χ3v) is 2.46. The van der Waals surface area contributed by atoms with Gasteiger partial charge in [0.1, 0.15) is 0 Å². The topological polar surface area (TPSA) is 27.1 Å². The van der Waals surface area contributed by atoms with Crippen LogP contribution in [-0.2, 0) is 0 Å². The van der Waals surface area contributed by atoms with Gasteiger partial charge in [-0.05, 0) is 25.7 Å². The van der Waals surface area contributed by atoms with Crippen molar-refractivity contribution in [3.05, 3.63) is 0 Å². The van der Waals surface area contributed by atoms with E-state index in [0.717, 1.165) is 24.8 Å². The molecule has 1 aliphatic rings. The van der Waals surface area contributed by atoms with Gasteiger partial charge in [-0.25, -0.2) is 0 Å². The van der Waals surface area contributed by atoms with E-state index in [2.05, 4.69) is 11.8 Å². The number of nitrogens with zero attached hydrogens (tertiary/aromatic N) is 1. The van der Waals surface area contributed by atoms with Gasteiger partial charge in [0, 0.05) is 13.1 Å². The Morgan fingerprint density at radius 2 is 2.36 bits per heavy atom. The molecule has 2 heteroatoms. The summed E-state index contributed by atoms with van der Waals surface area (Å²) in [5.74, 6) is 1.60. The molecule has 11 heavy (non-hydrogen) atoms. The Morgan fingerprint density at radius 3 is 2.82 bits per heavy atom. The van der Waals surface area contributed by atoms with E-state index in [0.29, 0.717) is 0 Å². The molecule has 1 unspecified atom stereocenters. The van der Waals surface area contributed by atoms with Crippen molar-refractivity contribution in [3.63, 3.8) is 0 Å². The van der Waals surface area contributed by atoms with E-state index in [1.54, 1.807) is 0 Å². The number of nitrogens with one attached hydrogen (secondary N) is 1. The molecule has 0 bridgehead atoms. The molecule has 2 nitrogen and oxygen atoms in total. The minimum absolute atomic E-state index is 0.739. The van der Waals surface area contributed by atoms with Gasteiger partial charge in [0.15, 0.2) is 0 Å². The monoisotopic (exact) mass is 154 g/mol. The molecule has 0 aromatic heterocycles. The second-order valence-electron chi connectivity index (χ2n) is 3.47. The maximum atomic E-state index is 7.44. The summed E-state index contributed by atoms with van der Waals surface area (Å²) >= 11 is 0. The summed E-state index contributed by atoms with van der Waals surface area (Å²) in [7, 11) is 0. The van der Waals surface area contributed by atoms with Crippen LogP contribution in [0.3, 0.4) is 0 Å². The van der Waals surface area contributed by atoms with Crippen LogP contribution in [0.25, 0.3) is 0 Å². The first-order valence-electron chi connectivity index (χ1n) is 4.54. The van der Waals surface area contributed by atoms with Gasteiger partial charge in [0.05, 0.1) is 5.84 Å². The minimum Gasteiger partial charge on any atom is -0.361 e. The quantitative estimate of drug-likeness (QED) is 0.478. The fraction of sp³-hybridized carbons (Fsp3) is 0.889. The summed E-state index contributed by atoms with van der Waals surface area (Å²) in [4.78, 5) is 2.18. The summed E-state index contributed by atoms with van der Waals surface area (Å²) < 4.78 is 0. The number of likely N-dealkylation sites (tertiary alicyclic amines) is 1. The number of hydrogen-bond acceptors (Lipinski definition) is 1. The van der Waals surface area contributed by atoms with Crippen LogP contribution < -0.4 is 0 Å². The molecule has 1 atom stereocenters. The van der Waals surface area contributed by atoms with Gasteiger partial charge in [-0.1, -0.05) is 13.3 Å². The highest BCUT2D eigenvalue weighted by molar-refractivity contribution is 5.76. The molecule has 1 aliphatic heterocycles. The summed E-state index contributed by atoms with van der Waals surface area (Å²) in [5, 5.41) is 7.44. The normalized spacial score (nSPS) is 24.2. The van der Waals surface area contributed by atoms with E-state index in [9.17, 15) is 0 Å². The molecule has 0 amide bonds. The van der Waals surface area contributed by atoms with Crippen LogP contribution in [0.2, 0.25) is 0 Å². The Labute approximate surface area is 69.1 Å². The van der Waals surface area contributed by atoms with Crippen molar-refractivity contribution in [1.29, 1.82) is 5.41 Å². The molecule has 0 aromatic rings. The number of hydrogen-bond donors (Lipinski definition) is 1. The predicted molar refractivity (Wildman–Crippen MR) is 48.0 cm³/mol. The average molecular weight is 154 g/mol. The molecule has 0 spiro atoms. The third-order valence-electron chi connectivity index (χ3n) is 2.46. The van der Waals surface area contributed by atoms with Crippen molar-refractivity contribution >= 4 is 5.84 Å². The molecule has 64 valence electrons. The fourth-order valence-corrected chi connectivity index (χ4v) is 1.78. The molecule has 1 N–H and O–H groups in total. The van der Waals surface area contributed by atoms with E-state index in [1.165, 1.54) is 19.3 Å². The molecule has 1 fully saturated rings. The fourth-order valence-electron chi connectivity index (χ4n) is 1.78. The first-order valence-corrected chi connectivity index (χ1v) is 4.54. The zero-order valence-electron chi connectivity index (χ0n) is 7.56. The molecular weight excluding hydrogens is 136 g/mol. The van der Waals surface area contributed by atoms with Gasteiger partial charge >= 0.3 is 0 Å². The standard InChI is InChI=1S/C9H18N2/c1-3-4-9-5-6-11(7-9)8(2)10/h9-10H,3-7H2,1-2H3. The van der Waals surface area contributed by atoms with Crippen LogP contribution in [0.5, 0.6) is 0 Å². The summed E-state index contributed by atoms with van der Waals surface area (Å²) in [6.07, 6.45) is 3.92. The zero-order valence-corrected chi connectivity index (χ0v) is 7.56. The summed E-state index contributed by atoms with van der Waals surface area (Å²) in [6, 6.07) is 0. The molecule has 0 saturated carbocycles. The van der Waals surface area contributed by atoms with Crippen molar-refractivity contribution in [1.82, 2.24) is 4.90 Å². The smallest absolute Gasteiger partial charge is 0.0925 e. The van der Waals surface area contributed by atoms with Gasteiger partial charge in [-0.2, -0.15) is 0 Å². The summed E-state index contributed by atoms with van der Waals surface area (Å²) in [6.45, 7) is 6.36. The molecule has 0 aliphatic carbocycles. The van der Waals surface area contributed by atoms with Crippen LogP contribution in [0.1, 0.15) is 33.1 Å². The second kappa shape index (κ2) is 3.74. The lowest BCUT2D eigenvalue weighted by molar-refractivity contribution is 0.454. The highest BCUT2D eigenvalue weighted by Crippen LogP contribution is 2.20. The Morgan fingerprint density at radius 1 is 1.64 bits per heavy atom. The Bertz CT molecular complexity index is 142. The Hall–Kier alpha value is -0.530. The summed E-state index contributed by atoms with van der Waals surface area (Å²) in [5.41, 5.74) is 0. The number of amidine groups is 1.